The van der Waals surface area contributed by atoms with Gasteiger partial charge in [-0.3, -0.25) is 14.5 Å². The van der Waals surface area contributed by atoms with E-state index in [0.29, 0.717) is 13.0 Å². The van der Waals surface area contributed by atoms with Crippen LogP contribution in [-0.2, 0) is 16.1 Å². The average molecular weight is 345 g/mol. The Bertz CT molecular complexity index is 543. The molecule has 5 heteroatoms. The first-order chi connectivity index (χ1) is 12.1. The lowest BCUT2D eigenvalue weighted by Crippen LogP contribution is -2.43. The van der Waals surface area contributed by atoms with E-state index in [9.17, 15) is 9.59 Å². The Balaban J connectivity index is 1.74. The Morgan fingerprint density at radius 1 is 1.20 bits per heavy atom. The van der Waals surface area contributed by atoms with Gasteiger partial charge < -0.3 is 10.2 Å². The van der Waals surface area contributed by atoms with Gasteiger partial charge in [-0.15, -0.1) is 0 Å². The molecule has 0 spiro atoms. The summed E-state index contributed by atoms with van der Waals surface area (Å²) in [6.45, 7) is 8.56. The molecule has 1 N–H and O–H groups in total. The second-order valence-electron chi connectivity index (χ2n) is 6.67. The number of carbonyl (C=O) groups is 2. The SMILES string of the molecule is CCN(CC)C(=O)CCNC(=O)[C@H]1CCCN(Cc2ccccc2)C1. The number of likely N-dealkylation sites (tertiary alicyclic amines) is 1. The second-order valence-corrected chi connectivity index (χ2v) is 6.67. The number of rotatable bonds is 8. The first kappa shape index (κ1) is 19.4. The van der Waals surface area contributed by atoms with Gasteiger partial charge in [0, 0.05) is 39.1 Å². The molecule has 1 fully saturated rings. The zero-order valence-electron chi connectivity index (χ0n) is 15.5. The Labute approximate surface area is 151 Å². The molecule has 2 rings (SSSR count). The van der Waals surface area contributed by atoms with Gasteiger partial charge in [0.15, 0.2) is 0 Å². The van der Waals surface area contributed by atoms with Crippen molar-refractivity contribution >= 4 is 11.8 Å². The molecule has 1 saturated heterocycles. The third-order valence-electron chi connectivity index (χ3n) is 4.88. The van der Waals surface area contributed by atoms with Gasteiger partial charge in [-0.05, 0) is 38.8 Å². The van der Waals surface area contributed by atoms with Crippen LogP contribution in [0.15, 0.2) is 30.3 Å². The van der Waals surface area contributed by atoms with Gasteiger partial charge in [-0.25, -0.2) is 0 Å². The zero-order chi connectivity index (χ0) is 18.1. The van der Waals surface area contributed by atoms with Crippen molar-refractivity contribution in [2.45, 2.75) is 39.7 Å². The van der Waals surface area contributed by atoms with Crippen LogP contribution in [0.3, 0.4) is 0 Å². The Morgan fingerprint density at radius 3 is 2.60 bits per heavy atom. The van der Waals surface area contributed by atoms with Gasteiger partial charge in [0.2, 0.25) is 11.8 Å². The van der Waals surface area contributed by atoms with Crippen LogP contribution in [0.5, 0.6) is 0 Å². The number of nitrogens with one attached hydrogen (secondary N) is 1. The molecule has 0 aromatic heterocycles. The molecule has 1 aromatic carbocycles. The van der Waals surface area contributed by atoms with Crippen molar-refractivity contribution in [2.75, 3.05) is 32.7 Å². The zero-order valence-corrected chi connectivity index (χ0v) is 15.5. The molecule has 2 amide bonds. The third-order valence-corrected chi connectivity index (χ3v) is 4.88. The van der Waals surface area contributed by atoms with Gasteiger partial charge in [0.1, 0.15) is 0 Å². The first-order valence-electron chi connectivity index (χ1n) is 9.45. The molecular weight excluding hydrogens is 314 g/mol. The van der Waals surface area contributed by atoms with E-state index in [1.807, 2.05) is 19.9 Å². The summed E-state index contributed by atoms with van der Waals surface area (Å²) in [5.74, 6) is 0.228. The van der Waals surface area contributed by atoms with Crippen molar-refractivity contribution in [3.05, 3.63) is 35.9 Å². The summed E-state index contributed by atoms with van der Waals surface area (Å²) < 4.78 is 0. The van der Waals surface area contributed by atoms with E-state index < -0.39 is 0 Å². The molecule has 25 heavy (non-hydrogen) atoms. The minimum atomic E-state index is 0.0287. The van der Waals surface area contributed by atoms with Crippen molar-refractivity contribution in [3.63, 3.8) is 0 Å². The normalized spacial score (nSPS) is 17.9. The summed E-state index contributed by atoms with van der Waals surface area (Å²) in [6, 6.07) is 10.4. The van der Waals surface area contributed by atoms with E-state index in [0.717, 1.165) is 45.6 Å². The van der Waals surface area contributed by atoms with Gasteiger partial charge in [0.05, 0.1) is 5.92 Å². The lowest BCUT2D eigenvalue weighted by molar-refractivity contribution is -0.131. The van der Waals surface area contributed by atoms with Crippen molar-refractivity contribution in [3.8, 4) is 0 Å². The summed E-state index contributed by atoms with van der Waals surface area (Å²) >= 11 is 0. The van der Waals surface area contributed by atoms with Crippen LogP contribution in [0.25, 0.3) is 0 Å². The molecule has 1 aromatic rings. The van der Waals surface area contributed by atoms with E-state index in [2.05, 4.69) is 34.5 Å². The van der Waals surface area contributed by atoms with Crippen molar-refractivity contribution in [2.24, 2.45) is 5.92 Å². The number of carbonyl (C=O) groups excluding carboxylic acids is 2. The van der Waals surface area contributed by atoms with E-state index in [1.54, 1.807) is 4.90 Å². The van der Waals surface area contributed by atoms with Crippen LogP contribution in [0.2, 0.25) is 0 Å². The molecule has 0 unspecified atom stereocenters. The maximum absolute atomic E-state index is 12.4. The molecule has 0 bridgehead atoms. The maximum atomic E-state index is 12.4. The summed E-state index contributed by atoms with van der Waals surface area (Å²) in [6.07, 6.45) is 2.36. The fraction of sp³-hybridized carbons (Fsp3) is 0.600. The smallest absolute Gasteiger partial charge is 0.224 e. The van der Waals surface area contributed by atoms with Gasteiger partial charge in [-0.2, -0.15) is 0 Å². The minimum absolute atomic E-state index is 0.0287. The van der Waals surface area contributed by atoms with Gasteiger partial charge in [0.25, 0.3) is 0 Å². The molecule has 0 radical (unpaired) electrons. The van der Waals surface area contributed by atoms with Gasteiger partial charge >= 0.3 is 0 Å². The molecule has 0 aliphatic carbocycles. The lowest BCUT2D eigenvalue weighted by atomic mass is 9.96. The topological polar surface area (TPSA) is 52.7 Å². The quantitative estimate of drug-likeness (QED) is 0.786. The molecule has 1 atom stereocenters. The molecule has 0 saturated carbocycles. The van der Waals surface area contributed by atoms with E-state index in [1.165, 1.54) is 5.56 Å². The number of hydrogen-bond acceptors (Lipinski definition) is 3. The number of piperidine rings is 1. The predicted octanol–water partition coefficient (Wildman–Crippen LogP) is 2.27. The number of benzene rings is 1. The summed E-state index contributed by atoms with van der Waals surface area (Å²) in [5, 5.41) is 2.96. The van der Waals surface area contributed by atoms with Crippen LogP contribution in [0.4, 0.5) is 0 Å². The molecule has 5 nitrogen and oxygen atoms in total. The largest absolute Gasteiger partial charge is 0.355 e. The lowest BCUT2D eigenvalue weighted by Gasteiger charge is -2.32. The van der Waals surface area contributed by atoms with Gasteiger partial charge in [-0.1, -0.05) is 30.3 Å². The van der Waals surface area contributed by atoms with Crippen LogP contribution in [0, 0.1) is 5.92 Å². The highest BCUT2D eigenvalue weighted by Gasteiger charge is 2.25. The maximum Gasteiger partial charge on any atom is 0.224 e. The van der Waals surface area contributed by atoms with Crippen LogP contribution in [-0.4, -0.2) is 54.3 Å². The molecule has 1 aliphatic heterocycles. The van der Waals surface area contributed by atoms with E-state index >= 15 is 0 Å². The molecular formula is C20H31N3O2. The Kier molecular flexibility index (Phi) is 7.92. The van der Waals surface area contributed by atoms with Crippen LogP contribution < -0.4 is 5.32 Å². The summed E-state index contributed by atoms with van der Waals surface area (Å²) in [5.41, 5.74) is 1.29. The monoisotopic (exact) mass is 345 g/mol. The summed E-state index contributed by atoms with van der Waals surface area (Å²) in [7, 11) is 0. The molecule has 1 heterocycles. The van der Waals surface area contributed by atoms with Crippen molar-refractivity contribution < 1.29 is 9.59 Å². The number of nitrogens with zero attached hydrogens (tertiary/aromatic N) is 2. The predicted molar refractivity (Wildman–Crippen MR) is 100.0 cm³/mol. The first-order valence-corrected chi connectivity index (χ1v) is 9.45. The fourth-order valence-corrected chi connectivity index (χ4v) is 3.43. The van der Waals surface area contributed by atoms with Crippen LogP contribution in [0.1, 0.15) is 38.7 Å². The third kappa shape index (κ3) is 6.16. The summed E-state index contributed by atoms with van der Waals surface area (Å²) in [4.78, 5) is 28.6. The standard InChI is InChI=1S/C20H31N3O2/c1-3-23(4-2)19(24)12-13-21-20(25)18-11-8-14-22(16-18)15-17-9-6-5-7-10-17/h5-7,9-10,18H,3-4,8,11-16H2,1-2H3,(H,21,25)/t18-/m0/s1. The fourth-order valence-electron chi connectivity index (χ4n) is 3.43. The second kappa shape index (κ2) is 10.2. The Morgan fingerprint density at radius 2 is 1.92 bits per heavy atom. The van der Waals surface area contributed by atoms with Crippen molar-refractivity contribution in [1.82, 2.24) is 15.1 Å². The average Bonchev–Trinajstić information content (AvgIpc) is 2.64. The number of amides is 2. The highest BCUT2D eigenvalue weighted by Crippen LogP contribution is 2.18. The Hall–Kier alpha value is -1.88. The molecule has 138 valence electrons. The minimum Gasteiger partial charge on any atom is -0.355 e. The number of hydrogen-bond donors (Lipinski definition) is 1. The van der Waals surface area contributed by atoms with Crippen molar-refractivity contribution in [1.29, 1.82) is 0 Å². The van der Waals surface area contributed by atoms with E-state index in [-0.39, 0.29) is 17.7 Å². The highest BCUT2D eigenvalue weighted by atomic mass is 16.2. The highest BCUT2D eigenvalue weighted by molar-refractivity contribution is 5.80. The van der Waals surface area contributed by atoms with E-state index in [4.69, 9.17) is 0 Å². The molecule has 1 aliphatic rings. The van der Waals surface area contributed by atoms with Crippen LogP contribution >= 0.6 is 0 Å².